The Hall–Kier alpha value is -3.05. The maximum absolute atomic E-state index is 13.1. The van der Waals surface area contributed by atoms with Crippen LogP contribution in [0.1, 0.15) is 18.2 Å². The number of anilines is 1. The van der Waals surface area contributed by atoms with E-state index in [-0.39, 0.29) is 12.1 Å². The summed E-state index contributed by atoms with van der Waals surface area (Å²) in [6.07, 6.45) is -2.65. The maximum Gasteiger partial charge on any atom is 0.416 e. The first-order valence-corrected chi connectivity index (χ1v) is 10.9. The predicted molar refractivity (Wildman–Crippen MR) is 121 cm³/mol. The zero-order chi connectivity index (χ0) is 23.0. The number of hydrogen-bond acceptors (Lipinski definition) is 6. The highest BCUT2D eigenvalue weighted by molar-refractivity contribution is 7.73. The largest absolute Gasteiger partial charge is 0.416 e. The van der Waals surface area contributed by atoms with Crippen LogP contribution in [0.2, 0.25) is 0 Å². The van der Waals surface area contributed by atoms with Gasteiger partial charge in [-0.25, -0.2) is 9.67 Å². The fourth-order valence-electron chi connectivity index (χ4n) is 3.21. The number of rotatable bonds is 5. The molecule has 4 aromatic rings. The van der Waals surface area contributed by atoms with Gasteiger partial charge in [0.05, 0.1) is 16.5 Å². The molecule has 0 amide bonds. The second-order valence-electron chi connectivity index (χ2n) is 7.06. The number of halogens is 3. The van der Waals surface area contributed by atoms with Crippen molar-refractivity contribution < 1.29 is 13.2 Å². The lowest BCUT2D eigenvalue weighted by Gasteiger charge is -2.10. The number of alkyl halides is 3. The van der Waals surface area contributed by atoms with E-state index in [9.17, 15) is 18.0 Å². The third-order valence-corrected chi connectivity index (χ3v) is 6.22. The molecule has 32 heavy (non-hydrogen) atoms. The zero-order valence-corrected chi connectivity index (χ0v) is 18.7. The molecule has 0 fully saturated rings. The van der Waals surface area contributed by atoms with Crippen LogP contribution >= 0.6 is 23.6 Å². The van der Waals surface area contributed by atoms with Crippen LogP contribution in [-0.2, 0) is 19.4 Å². The van der Waals surface area contributed by atoms with Gasteiger partial charge in [0.2, 0.25) is 5.43 Å². The molecule has 3 aromatic heterocycles. The standard InChI is InChI=1S/C21H18F3N5OS2/c1-3-28-10-16(17(30)15-9-4-12(2)26-18(15)28)19-27-29(20(31)32-19)11-25-14-7-5-13(6-8-14)21(22,23)24/h4-10,25H,3,11H2,1-2H3. The second-order valence-corrected chi connectivity index (χ2v) is 8.69. The van der Waals surface area contributed by atoms with Gasteiger partial charge in [-0.2, -0.15) is 18.3 Å². The summed E-state index contributed by atoms with van der Waals surface area (Å²) in [5.41, 5.74) is 1.46. The van der Waals surface area contributed by atoms with Gasteiger partial charge in [0, 0.05) is 24.1 Å². The van der Waals surface area contributed by atoms with Gasteiger partial charge in [0.1, 0.15) is 12.3 Å². The molecule has 1 N–H and O–H groups in total. The van der Waals surface area contributed by atoms with Gasteiger partial charge in [0.15, 0.2) is 8.96 Å². The van der Waals surface area contributed by atoms with Crippen molar-refractivity contribution in [1.82, 2.24) is 19.3 Å². The molecule has 166 valence electrons. The van der Waals surface area contributed by atoms with Crippen molar-refractivity contribution in [2.24, 2.45) is 0 Å². The summed E-state index contributed by atoms with van der Waals surface area (Å²) in [5.74, 6) is 0. The monoisotopic (exact) mass is 477 g/mol. The number of nitrogens with zero attached hydrogens (tertiary/aromatic N) is 4. The van der Waals surface area contributed by atoms with E-state index in [1.54, 1.807) is 18.3 Å². The molecule has 1 aromatic carbocycles. The van der Waals surface area contributed by atoms with Crippen molar-refractivity contribution in [2.75, 3.05) is 5.32 Å². The second kappa shape index (κ2) is 8.47. The molecule has 0 saturated heterocycles. The smallest absolute Gasteiger partial charge is 0.366 e. The molecule has 0 saturated carbocycles. The molecule has 11 heteroatoms. The minimum absolute atomic E-state index is 0.150. The highest BCUT2D eigenvalue weighted by Gasteiger charge is 2.29. The third kappa shape index (κ3) is 4.30. The van der Waals surface area contributed by atoms with Crippen LogP contribution in [0.5, 0.6) is 0 Å². The van der Waals surface area contributed by atoms with Gasteiger partial charge < -0.3 is 9.88 Å². The molecule has 0 bridgehead atoms. The van der Waals surface area contributed by atoms with Gasteiger partial charge >= 0.3 is 6.18 Å². The van der Waals surface area contributed by atoms with Crippen LogP contribution in [0.4, 0.5) is 18.9 Å². The van der Waals surface area contributed by atoms with Gasteiger partial charge in [0.25, 0.3) is 0 Å². The Morgan fingerprint density at radius 2 is 1.88 bits per heavy atom. The molecule has 0 radical (unpaired) electrons. The van der Waals surface area contributed by atoms with E-state index in [0.717, 1.165) is 17.8 Å². The molecule has 0 aliphatic rings. The van der Waals surface area contributed by atoms with Crippen LogP contribution in [-0.4, -0.2) is 19.3 Å². The van der Waals surface area contributed by atoms with Gasteiger partial charge in [-0.3, -0.25) is 4.79 Å². The minimum Gasteiger partial charge on any atom is -0.366 e. The summed E-state index contributed by atoms with van der Waals surface area (Å²) in [4.78, 5) is 17.6. The molecule has 0 atom stereocenters. The Morgan fingerprint density at radius 1 is 1.16 bits per heavy atom. The summed E-state index contributed by atoms with van der Waals surface area (Å²) in [7, 11) is 0. The Kier molecular flexibility index (Phi) is 5.87. The summed E-state index contributed by atoms with van der Waals surface area (Å²) < 4.78 is 42.0. The number of hydrogen-bond donors (Lipinski definition) is 1. The van der Waals surface area contributed by atoms with E-state index in [2.05, 4.69) is 15.4 Å². The van der Waals surface area contributed by atoms with Crippen LogP contribution in [0.3, 0.4) is 0 Å². The Balaban J connectivity index is 1.63. The Labute approximate surface area is 190 Å². The first-order valence-electron chi connectivity index (χ1n) is 9.67. The number of benzene rings is 1. The van der Waals surface area contributed by atoms with E-state index in [0.29, 0.717) is 37.8 Å². The molecule has 6 nitrogen and oxygen atoms in total. The fourth-order valence-corrected chi connectivity index (χ4v) is 4.32. The average molecular weight is 478 g/mol. The topological polar surface area (TPSA) is 64.7 Å². The van der Waals surface area contributed by atoms with E-state index in [1.165, 1.54) is 28.2 Å². The molecule has 3 heterocycles. The molecule has 0 unspecified atom stereocenters. The molecule has 4 rings (SSSR count). The van der Waals surface area contributed by atoms with Crippen molar-refractivity contribution in [3.8, 4) is 10.6 Å². The first kappa shape index (κ1) is 22.2. The van der Waals surface area contributed by atoms with Crippen LogP contribution in [0, 0.1) is 10.9 Å². The van der Waals surface area contributed by atoms with Crippen molar-refractivity contribution in [3.63, 3.8) is 0 Å². The lowest BCUT2D eigenvalue weighted by molar-refractivity contribution is -0.137. The normalized spacial score (nSPS) is 11.8. The number of aromatic nitrogens is 4. The highest BCUT2D eigenvalue weighted by Crippen LogP contribution is 2.30. The van der Waals surface area contributed by atoms with Gasteiger partial charge in [-0.1, -0.05) is 11.3 Å². The van der Waals surface area contributed by atoms with Crippen molar-refractivity contribution in [1.29, 1.82) is 0 Å². The quantitative estimate of drug-likeness (QED) is 0.386. The lowest BCUT2D eigenvalue weighted by atomic mass is 10.2. The fraction of sp³-hybridized carbons (Fsp3) is 0.238. The van der Waals surface area contributed by atoms with Crippen molar-refractivity contribution in [2.45, 2.75) is 33.2 Å². The lowest BCUT2D eigenvalue weighted by Crippen LogP contribution is -2.14. The average Bonchev–Trinajstić information content (AvgIpc) is 3.12. The summed E-state index contributed by atoms with van der Waals surface area (Å²) in [6.45, 7) is 4.61. The number of pyridine rings is 2. The van der Waals surface area contributed by atoms with Crippen molar-refractivity contribution >= 4 is 40.3 Å². The van der Waals surface area contributed by atoms with Gasteiger partial charge in [-0.15, -0.1) is 0 Å². The third-order valence-electron chi connectivity index (χ3n) is 4.88. The van der Waals surface area contributed by atoms with E-state index in [4.69, 9.17) is 12.2 Å². The summed E-state index contributed by atoms with van der Waals surface area (Å²) in [5, 5.41) is 8.44. The zero-order valence-electron chi connectivity index (χ0n) is 17.1. The molecular weight excluding hydrogens is 459 g/mol. The highest BCUT2D eigenvalue weighted by atomic mass is 32.1. The molecule has 0 aliphatic heterocycles. The predicted octanol–water partition coefficient (Wildman–Crippen LogP) is 5.47. The van der Waals surface area contributed by atoms with E-state index < -0.39 is 11.7 Å². The van der Waals surface area contributed by atoms with Crippen LogP contribution in [0.25, 0.3) is 21.6 Å². The molecular formula is C21H18F3N5OS2. The first-order chi connectivity index (χ1) is 15.2. The molecule has 0 spiro atoms. The van der Waals surface area contributed by atoms with E-state index in [1.807, 2.05) is 18.4 Å². The summed E-state index contributed by atoms with van der Waals surface area (Å²) >= 11 is 6.58. The van der Waals surface area contributed by atoms with E-state index >= 15 is 0 Å². The number of nitrogens with one attached hydrogen (secondary N) is 1. The SMILES string of the molecule is CCn1cc(-c2nn(CNc3ccc(C(F)(F)F)cc3)c(=S)s2)c(=O)c2ccc(C)nc21. The Bertz CT molecular complexity index is 1400. The Morgan fingerprint density at radius 3 is 2.53 bits per heavy atom. The van der Waals surface area contributed by atoms with Crippen molar-refractivity contribution in [3.05, 3.63) is 68.0 Å². The van der Waals surface area contributed by atoms with Crippen LogP contribution < -0.4 is 10.7 Å². The van der Waals surface area contributed by atoms with Crippen LogP contribution in [0.15, 0.2) is 47.4 Å². The molecule has 0 aliphatic carbocycles. The summed E-state index contributed by atoms with van der Waals surface area (Å²) in [6, 6.07) is 8.26. The maximum atomic E-state index is 13.1. The number of fused-ring (bicyclic) bond motifs is 1. The van der Waals surface area contributed by atoms with Gasteiger partial charge in [-0.05, 0) is 62.5 Å². The minimum atomic E-state index is -4.38. The number of aryl methyl sites for hydroxylation is 2.